The third-order valence-corrected chi connectivity index (χ3v) is 4.07. The number of nitrogens with zero attached hydrogens (tertiary/aromatic N) is 1. The number of hydrogen-bond donors (Lipinski definition) is 1. The van der Waals surface area contributed by atoms with Gasteiger partial charge in [-0.25, -0.2) is 4.79 Å². The van der Waals surface area contributed by atoms with Crippen molar-refractivity contribution >= 4 is 29.2 Å². The Hall–Kier alpha value is -2.41. The van der Waals surface area contributed by atoms with Crippen LogP contribution in [0.1, 0.15) is 25.7 Å². The number of carbonyl (C=O) groups is 3. The van der Waals surface area contributed by atoms with Crippen LogP contribution in [0.4, 0.5) is 11.4 Å². The van der Waals surface area contributed by atoms with Gasteiger partial charge in [-0.1, -0.05) is 0 Å². The van der Waals surface area contributed by atoms with Gasteiger partial charge >= 0.3 is 5.97 Å². The summed E-state index contributed by atoms with van der Waals surface area (Å²) in [4.78, 5) is 36.9. The molecular formula is C17H20N2O5. The zero-order chi connectivity index (χ0) is 16.9. The molecule has 24 heavy (non-hydrogen) atoms. The zero-order valence-electron chi connectivity index (χ0n) is 13.3. The lowest BCUT2D eigenvalue weighted by atomic mass is 10.2. The Kier molecular flexibility index (Phi) is 5.10. The van der Waals surface area contributed by atoms with Crippen LogP contribution in [0.3, 0.4) is 0 Å². The number of amides is 2. The van der Waals surface area contributed by atoms with Crippen molar-refractivity contribution in [3.05, 3.63) is 24.3 Å². The van der Waals surface area contributed by atoms with Crippen LogP contribution in [0.2, 0.25) is 0 Å². The Morgan fingerprint density at radius 1 is 1.25 bits per heavy atom. The fourth-order valence-electron chi connectivity index (χ4n) is 2.84. The van der Waals surface area contributed by atoms with Crippen molar-refractivity contribution in [1.29, 1.82) is 0 Å². The van der Waals surface area contributed by atoms with E-state index < -0.39 is 18.0 Å². The van der Waals surface area contributed by atoms with Gasteiger partial charge in [0.1, 0.15) is 0 Å². The standard InChI is InChI=1S/C17H20N2O5/c20-15(11-24-17(22)14-3-2-10-23-14)18-12-5-7-13(8-6-12)19-9-1-4-16(19)21/h5-8,14H,1-4,9-11H2,(H,18,20)/t14-/m1/s1. The molecule has 7 nitrogen and oxygen atoms in total. The second-order valence-corrected chi connectivity index (χ2v) is 5.85. The molecule has 2 aliphatic rings. The molecular weight excluding hydrogens is 312 g/mol. The second-order valence-electron chi connectivity index (χ2n) is 5.85. The van der Waals surface area contributed by atoms with Gasteiger partial charge < -0.3 is 19.7 Å². The molecule has 1 aromatic rings. The highest BCUT2D eigenvalue weighted by Gasteiger charge is 2.25. The molecule has 2 heterocycles. The van der Waals surface area contributed by atoms with E-state index in [2.05, 4.69) is 5.32 Å². The first-order valence-electron chi connectivity index (χ1n) is 8.12. The predicted octanol–water partition coefficient (Wildman–Crippen LogP) is 1.47. The van der Waals surface area contributed by atoms with E-state index >= 15 is 0 Å². The molecule has 1 aromatic carbocycles. The van der Waals surface area contributed by atoms with Crippen molar-refractivity contribution < 1.29 is 23.9 Å². The van der Waals surface area contributed by atoms with Crippen molar-refractivity contribution in [2.75, 3.05) is 30.0 Å². The van der Waals surface area contributed by atoms with Crippen molar-refractivity contribution in [3.8, 4) is 0 Å². The minimum Gasteiger partial charge on any atom is -0.454 e. The first-order valence-corrected chi connectivity index (χ1v) is 8.12. The monoisotopic (exact) mass is 332 g/mol. The van der Waals surface area contributed by atoms with Gasteiger partial charge in [0.05, 0.1) is 0 Å². The van der Waals surface area contributed by atoms with Gasteiger partial charge in [-0.05, 0) is 43.5 Å². The minimum absolute atomic E-state index is 0.118. The Balaban J connectivity index is 1.47. The molecule has 0 radical (unpaired) electrons. The molecule has 3 rings (SSSR count). The molecule has 0 spiro atoms. The molecule has 1 atom stereocenters. The Bertz CT molecular complexity index is 622. The second kappa shape index (κ2) is 7.44. The Labute approximate surface area is 139 Å². The van der Waals surface area contributed by atoms with Crippen LogP contribution in [0.25, 0.3) is 0 Å². The highest BCUT2D eigenvalue weighted by Crippen LogP contribution is 2.23. The fraction of sp³-hybridized carbons (Fsp3) is 0.471. The number of ether oxygens (including phenoxy) is 2. The number of anilines is 2. The minimum atomic E-state index is -0.546. The number of hydrogen-bond acceptors (Lipinski definition) is 5. The lowest BCUT2D eigenvalue weighted by molar-refractivity contribution is -0.156. The average molecular weight is 332 g/mol. The van der Waals surface area contributed by atoms with Gasteiger partial charge in [0.2, 0.25) is 5.91 Å². The van der Waals surface area contributed by atoms with Crippen molar-refractivity contribution in [2.24, 2.45) is 0 Å². The van der Waals surface area contributed by atoms with Crippen LogP contribution in [0, 0.1) is 0 Å². The van der Waals surface area contributed by atoms with Gasteiger partial charge in [-0.3, -0.25) is 9.59 Å². The quantitative estimate of drug-likeness (QED) is 0.826. The fourth-order valence-corrected chi connectivity index (χ4v) is 2.84. The third kappa shape index (κ3) is 3.91. The number of carbonyl (C=O) groups excluding carboxylic acids is 3. The molecule has 0 bridgehead atoms. The van der Waals surface area contributed by atoms with Gasteiger partial charge in [0.25, 0.3) is 5.91 Å². The first kappa shape index (κ1) is 16.4. The molecule has 0 aromatic heterocycles. The van der Waals surface area contributed by atoms with Gasteiger partial charge in [-0.2, -0.15) is 0 Å². The summed E-state index contributed by atoms with van der Waals surface area (Å²) in [6.45, 7) is 0.937. The molecule has 2 amide bonds. The largest absolute Gasteiger partial charge is 0.454 e. The number of esters is 1. The lowest BCUT2D eigenvalue weighted by Gasteiger charge is -2.16. The summed E-state index contributed by atoms with van der Waals surface area (Å²) in [5.41, 5.74) is 1.41. The highest BCUT2D eigenvalue weighted by molar-refractivity contribution is 5.96. The first-order chi connectivity index (χ1) is 11.6. The molecule has 2 aliphatic heterocycles. The summed E-state index contributed by atoms with van der Waals surface area (Å²) in [5, 5.41) is 2.66. The summed E-state index contributed by atoms with van der Waals surface area (Å²) in [5.74, 6) is -0.787. The highest BCUT2D eigenvalue weighted by atomic mass is 16.6. The van der Waals surface area contributed by atoms with Crippen molar-refractivity contribution in [3.63, 3.8) is 0 Å². The van der Waals surface area contributed by atoms with Crippen LogP contribution in [-0.2, 0) is 23.9 Å². The average Bonchev–Trinajstić information content (AvgIpc) is 3.25. The van der Waals surface area contributed by atoms with Gasteiger partial charge in [0, 0.05) is 30.9 Å². The lowest BCUT2D eigenvalue weighted by Crippen LogP contribution is -2.27. The molecule has 0 aliphatic carbocycles. The molecule has 7 heteroatoms. The summed E-state index contributed by atoms with van der Waals surface area (Å²) < 4.78 is 10.1. The SMILES string of the molecule is O=C(COC(=O)[C@H]1CCCO1)Nc1ccc(N2CCCC2=O)cc1. The number of benzene rings is 1. The third-order valence-electron chi connectivity index (χ3n) is 4.07. The van der Waals surface area contributed by atoms with E-state index in [9.17, 15) is 14.4 Å². The van der Waals surface area contributed by atoms with E-state index in [-0.39, 0.29) is 12.5 Å². The van der Waals surface area contributed by atoms with Crippen LogP contribution >= 0.6 is 0 Å². The summed E-state index contributed by atoms with van der Waals surface area (Å²) >= 11 is 0. The Morgan fingerprint density at radius 2 is 2.04 bits per heavy atom. The molecule has 2 saturated heterocycles. The molecule has 0 unspecified atom stereocenters. The van der Waals surface area contributed by atoms with Crippen LogP contribution in [-0.4, -0.2) is 43.6 Å². The van der Waals surface area contributed by atoms with Crippen molar-refractivity contribution in [1.82, 2.24) is 0 Å². The summed E-state index contributed by atoms with van der Waals surface area (Å²) in [6, 6.07) is 7.02. The molecule has 0 saturated carbocycles. The van der Waals surface area contributed by atoms with E-state index in [1.54, 1.807) is 29.2 Å². The summed E-state index contributed by atoms with van der Waals surface area (Å²) in [6.07, 6.45) is 2.37. The molecule has 2 fully saturated rings. The summed E-state index contributed by atoms with van der Waals surface area (Å²) in [7, 11) is 0. The maximum Gasteiger partial charge on any atom is 0.335 e. The Morgan fingerprint density at radius 3 is 2.67 bits per heavy atom. The van der Waals surface area contributed by atoms with Crippen molar-refractivity contribution in [2.45, 2.75) is 31.8 Å². The van der Waals surface area contributed by atoms with E-state index in [0.717, 1.165) is 25.1 Å². The normalized spacial score (nSPS) is 20.2. The van der Waals surface area contributed by atoms with Crippen LogP contribution in [0.15, 0.2) is 24.3 Å². The smallest absolute Gasteiger partial charge is 0.335 e. The van der Waals surface area contributed by atoms with E-state index in [0.29, 0.717) is 25.1 Å². The van der Waals surface area contributed by atoms with Crippen LogP contribution in [0.5, 0.6) is 0 Å². The number of nitrogens with one attached hydrogen (secondary N) is 1. The maximum atomic E-state index is 11.8. The van der Waals surface area contributed by atoms with E-state index in [1.165, 1.54) is 0 Å². The van der Waals surface area contributed by atoms with Crippen LogP contribution < -0.4 is 10.2 Å². The van der Waals surface area contributed by atoms with E-state index in [1.807, 2.05) is 0 Å². The maximum absolute atomic E-state index is 11.8. The van der Waals surface area contributed by atoms with Gasteiger partial charge in [0.15, 0.2) is 12.7 Å². The zero-order valence-corrected chi connectivity index (χ0v) is 13.3. The van der Waals surface area contributed by atoms with E-state index in [4.69, 9.17) is 9.47 Å². The topological polar surface area (TPSA) is 84.9 Å². The number of rotatable bonds is 5. The van der Waals surface area contributed by atoms with Gasteiger partial charge in [-0.15, -0.1) is 0 Å². The molecule has 128 valence electrons. The predicted molar refractivity (Wildman–Crippen MR) is 86.6 cm³/mol. The molecule has 1 N–H and O–H groups in total.